The smallest absolute Gasteiger partial charge is 0.326 e. The van der Waals surface area contributed by atoms with E-state index in [1.165, 1.54) is 0 Å². The third kappa shape index (κ3) is 2.81. The van der Waals surface area contributed by atoms with Crippen LogP contribution in [0.4, 0.5) is 4.79 Å². The molecule has 1 aromatic rings. The second-order valence-corrected chi connectivity index (χ2v) is 5.15. The number of amides is 3. The van der Waals surface area contributed by atoms with Gasteiger partial charge in [-0.2, -0.15) is 0 Å². The number of hydrogen-bond donors (Lipinski definition) is 1. The summed E-state index contributed by atoms with van der Waals surface area (Å²) in [6, 6.07) is 8.54. The summed E-state index contributed by atoms with van der Waals surface area (Å²) in [6.45, 7) is 3.46. The van der Waals surface area contributed by atoms with Gasteiger partial charge in [0.1, 0.15) is 12.1 Å². The highest BCUT2D eigenvalue weighted by atomic mass is 16.5. The summed E-state index contributed by atoms with van der Waals surface area (Å²) < 4.78 is 4.82. The molecule has 1 saturated heterocycles. The molecule has 3 amide bonds. The van der Waals surface area contributed by atoms with E-state index in [1.54, 1.807) is 6.92 Å². The third-order valence-electron chi connectivity index (χ3n) is 3.66. The van der Waals surface area contributed by atoms with Crippen molar-refractivity contribution >= 4 is 17.9 Å². The normalized spacial score (nSPS) is 20.9. The van der Waals surface area contributed by atoms with E-state index in [2.05, 4.69) is 5.32 Å². The Morgan fingerprint density at radius 3 is 2.50 bits per heavy atom. The Kier molecular flexibility index (Phi) is 4.80. The zero-order chi connectivity index (χ0) is 16.2. The maximum absolute atomic E-state index is 12.8. The third-order valence-corrected chi connectivity index (χ3v) is 3.66. The van der Waals surface area contributed by atoms with E-state index in [9.17, 15) is 14.4 Å². The SMILES string of the molecule is CCC[C@]1(c2ccccc2)NC(=O)N(CC(=O)OCC)C1=O. The molecule has 1 fully saturated rings. The van der Waals surface area contributed by atoms with Crippen molar-refractivity contribution in [1.82, 2.24) is 10.2 Å². The fourth-order valence-corrected chi connectivity index (χ4v) is 2.71. The maximum atomic E-state index is 12.8. The maximum Gasteiger partial charge on any atom is 0.326 e. The first-order chi connectivity index (χ1) is 10.5. The lowest BCUT2D eigenvalue weighted by atomic mass is 9.85. The zero-order valence-electron chi connectivity index (χ0n) is 12.8. The monoisotopic (exact) mass is 304 g/mol. The fourth-order valence-electron chi connectivity index (χ4n) is 2.71. The zero-order valence-corrected chi connectivity index (χ0v) is 12.8. The second kappa shape index (κ2) is 6.60. The number of carbonyl (C=O) groups excluding carboxylic acids is 3. The average Bonchev–Trinajstić information content (AvgIpc) is 2.74. The standard InChI is InChI=1S/C16H20N2O4/c1-3-10-16(12-8-6-5-7-9-12)14(20)18(15(21)17-16)11-13(19)22-4-2/h5-9H,3-4,10-11H2,1-2H3,(H,17,21)/t16-/m1/s1. The molecule has 6 nitrogen and oxygen atoms in total. The molecule has 118 valence electrons. The number of rotatable bonds is 6. The number of nitrogens with zero attached hydrogens (tertiary/aromatic N) is 1. The van der Waals surface area contributed by atoms with Crippen LogP contribution < -0.4 is 5.32 Å². The Morgan fingerprint density at radius 1 is 1.23 bits per heavy atom. The van der Waals surface area contributed by atoms with Gasteiger partial charge in [-0.05, 0) is 18.9 Å². The summed E-state index contributed by atoms with van der Waals surface area (Å²) in [7, 11) is 0. The summed E-state index contributed by atoms with van der Waals surface area (Å²) in [6.07, 6.45) is 1.19. The van der Waals surface area contributed by atoms with Gasteiger partial charge in [-0.15, -0.1) is 0 Å². The lowest BCUT2D eigenvalue weighted by Gasteiger charge is -2.26. The molecular formula is C16H20N2O4. The van der Waals surface area contributed by atoms with E-state index in [-0.39, 0.29) is 13.2 Å². The van der Waals surface area contributed by atoms with Crippen LogP contribution in [0, 0.1) is 0 Å². The lowest BCUT2D eigenvalue weighted by Crippen LogP contribution is -2.44. The van der Waals surface area contributed by atoms with E-state index < -0.39 is 23.4 Å². The predicted octanol–water partition coefficient (Wildman–Crippen LogP) is 1.80. The fraction of sp³-hybridized carbons (Fsp3) is 0.438. The molecule has 1 N–H and O–H groups in total. The molecule has 1 aliphatic heterocycles. The molecule has 2 rings (SSSR count). The number of nitrogens with one attached hydrogen (secondary N) is 1. The van der Waals surface area contributed by atoms with Gasteiger partial charge in [-0.25, -0.2) is 4.79 Å². The van der Waals surface area contributed by atoms with E-state index in [0.717, 1.165) is 10.5 Å². The number of urea groups is 1. The van der Waals surface area contributed by atoms with Crippen molar-refractivity contribution in [1.29, 1.82) is 0 Å². The molecule has 0 spiro atoms. The first-order valence-corrected chi connectivity index (χ1v) is 7.40. The van der Waals surface area contributed by atoms with Gasteiger partial charge in [0.05, 0.1) is 6.61 Å². The number of esters is 1. The number of hydrogen-bond acceptors (Lipinski definition) is 4. The summed E-state index contributed by atoms with van der Waals surface area (Å²) >= 11 is 0. The van der Waals surface area contributed by atoms with Crippen molar-refractivity contribution < 1.29 is 19.1 Å². The van der Waals surface area contributed by atoms with Crippen LogP contribution in [0.25, 0.3) is 0 Å². The van der Waals surface area contributed by atoms with E-state index in [1.807, 2.05) is 37.3 Å². The van der Waals surface area contributed by atoms with Crippen LogP contribution in [0.2, 0.25) is 0 Å². The van der Waals surface area contributed by atoms with Gasteiger partial charge < -0.3 is 10.1 Å². The summed E-state index contributed by atoms with van der Waals surface area (Å²) in [5, 5.41) is 2.76. The van der Waals surface area contributed by atoms with E-state index >= 15 is 0 Å². The largest absolute Gasteiger partial charge is 0.465 e. The minimum atomic E-state index is -1.10. The van der Waals surface area contributed by atoms with Crippen LogP contribution in [0.15, 0.2) is 30.3 Å². The molecule has 0 aromatic heterocycles. The predicted molar refractivity (Wildman–Crippen MR) is 79.9 cm³/mol. The van der Waals surface area contributed by atoms with Crippen LogP contribution in [-0.4, -0.2) is 36.0 Å². The van der Waals surface area contributed by atoms with Crippen molar-refractivity contribution in [2.45, 2.75) is 32.2 Å². The highest BCUT2D eigenvalue weighted by molar-refractivity contribution is 6.09. The Balaban J connectivity index is 2.31. The Bertz CT molecular complexity index is 573. The summed E-state index contributed by atoms with van der Waals surface area (Å²) in [5.74, 6) is -0.995. The molecule has 1 heterocycles. The van der Waals surface area contributed by atoms with Gasteiger partial charge in [0.2, 0.25) is 0 Å². The molecule has 1 aromatic carbocycles. The molecular weight excluding hydrogens is 284 g/mol. The molecule has 0 unspecified atom stereocenters. The first kappa shape index (κ1) is 16.0. The van der Waals surface area contributed by atoms with Gasteiger partial charge in [-0.3, -0.25) is 14.5 Å². The van der Waals surface area contributed by atoms with Gasteiger partial charge in [0, 0.05) is 0 Å². The Hall–Kier alpha value is -2.37. The number of carbonyl (C=O) groups is 3. The molecule has 0 aliphatic carbocycles. The lowest BCUT2D eigenvalue weighted by molar-refractivity contribution is -0.147. The highest BCUT2D eigenvalue weighted by Crippen LogP contribution is 2.33. The quantitative estimate of drug-likeness (QED) is 0.642. The number of ether oxygens (including phenoxy) is 1. The average molecular weight is 304 g/mol. The molecule has 1 aliphatic rings. The van der Waals surface area contributed by atoms with Crippen molar-refractivity contribution in [2.24, 2.45) is 0 Å². The number of imide groups is 1. The van der Waals surface area contributed by atoms with Crippen LogP contribution in [-0.2, 0) is 19.9 Å². The second-order valence-electron chi connectivity index (χ2n) is 5.15. The van der Waals surface area contributed by atoms with Gasteiger partial charge in [-0.1, -0.05) is 43.7 Å². The van der Waals surface area contributed by atoms with Gasteiger partial charge in [0.15, 0.2) is 0 Å². The Labute approximate surface area is 129 Å². The highest BCUT2D eigenvalue weighted by Gasteiger charge is 2.52. The molecule has 1 atom stereocenters. The molecule has 6 heteroatoms. The van der Waals surface area contributed by atoms with Gasteiger partial charge in [0.25, 0.3) is 5.91 Å². The van der Waals surface area contributed by atoms with Crippen LogP contribution in [0.5, 0.6) is 0 Å². The van der Waals surface area contributed by atoms with E-state index in [0.29, 0.717) is 12.8 Å². The van der Waals surface area contributed by atoms with Crippen LogP contribution in [0.1, 0.15) is 32.3 Å². The minimum absolute atomic E-state index is 0.210. The minimum Gasteiger partial charge on any atom is -0.465 e. The summed E-state index contributed by atoms with van der Waals surface area (Å²) in [4.78, 5) is 37.5. The van der Waals surface area contributed by atoms with Crippen molar-refractivity contribution in [3.63, 3.8) is 0 Å². The van der Waals surface area contributed by atoms with Crippen molar-refractivity contribution in [3.05, 3.63) is 35.9 Å². The van der Waals surface area contributed by atoms with Crippen molar-refractivity contribution in [3.8, 4) is 0 Å². The van der Waals surface area contributed by atoms with Crippen molar-refractivity contribution in [2.75, 3.05) is 13.2 Å². The van der Waals surface area contributed by atoms with Crippen LogP contribution >= 0.6 is 0 Å². The Morgan fingerprint density at radius 2 is 1.91 bits per heavy atom. The number of benzene rings is 1. The molecule has 0 bridgehead atoms. The summed E-state index contributed by atoms with van der Waals surface area (Å²) in [5.41, 5.74) is -0.374. The molecule has 0 radical (unpaired) electrons. The molecule has 0 saturated carbocycles. The first-order valence-electron chi connectivity index (χ1n) is 7.40. The van der Waals surface area contributed by atoms with E-state index in [4.69, 9.17) is 4.74 Å². The van der Waals surface area contributed by atoms with Gasteiger partial charge >= 0.3 is 12.0 Å². The van der Waals surface area contributed by atoms with Crippen LogP contribution in [0.3, 0.4) is 0 Å². The topological polar surface area (TPSA) is 75.7 Å². The molecule has 22 heavy (non-hydrogen) atoms.